The average molecular weight is 285 g/mol. The molecule has 0 spiro atoms. The largest absolute Gasteiger partial charge is 0.483 e. The van der Waals surface area contributed by atoms with Crippen LogP contribution in [0.3, 0.4) is 0 Å². The van der Waals surface area contributed by atoms with Crippen LogP contribution in [0.25, 0.3) is 0 Å². The van der Waals surface area contributed by atoms with E-state index in [1.807, 2.05) is 5.32 Å². The van der Waals surface area contributed by atoms with Crippen molar-refractivity contribution >= 4 is 29.3 Å². The zero-order chi connectivity index (χ0) is 14.4. The van der Waals surface area contributed by atoms with Gasteiger partial charge in [-0.15, -0.1) is 0 Å². The van der Waals surface area contributed by atoms with E-state index in [9.17, 15) is 14.4 Å². The molecule has 7 heteroatoms. The molecule has 0 fully saturated rings. The zero-order valence-electron chi connectivity index (χ0n) is 10.2. The third-order valence-electron chi connectivity index (χ3n) is 2.18. The monoisotopic (exact) mass is 284 g/mol. The minimum absolute atomic E-state index is 0.159. The third kappa shape index (κ3) is 4.59. The van der Waals surface area contributed by atoms with Crippen LogP contribution in [0.5, 0.6) is 5.75 Å². The summed E-state index contributed by atoms with van der Waals surface area (Å²) in [6.07, 6.45) is 0.282. The molecule has 1 rings (SSSR count). The maximum atomic E-state index is 11.7. The fraction of sp³-hybridized carbons (Fsp3) is 0.250. The zero-order valence-corrected chi connectivity index (χ0v) is 11.0. The van der Waals surface area contributed by atoms with E-state index in [0.717, 1.165) is 0 Å². The molecule has 0 saturated heterocycles. The molecule has 0 aliphatic heterocycles. The second kappa shape index (κ2) is 6.75. The smallest absolute Gasteiger partial charge is 0.318 e. The molecule has 1 aromatic rings. The Hall–Kier alpha value is -2.08. The van der Waals surface area contributed by atoms with Gasteiger partial charge in [-0.1, -0.05) is 18.5 Å². The standard InChI is InChI=1S/C12H13ClN2O4/c1-2-9(16)8-5-7(13)3-4-10(8)19-6-11(17)15-12(14)18/h3-5H,2,6H2,1H3,(H3,14,15,17,18). The summed E-state index contributed by atoms with van der Waals surface area (Å²) in [4.78, 5) is 33.3. The number of carbonyl (C=O) groups excluding carboxylic acids is 3. The predicted molar refractivity (Wildman–Crippen MR) is 69.3 cm³/mol. The van der Waals surface area contributed by atoms with Crippen molar-refractivity contribution in [3.05, 3.63) is 28.8 Å². The van der Waals surface area contributed by atoms with E-state index >= 15 is 0 Å². The molecule has 0 saturated carbocycles. The Morgan fingerprint density at radius 3 is 2.63 bits per heavy atom. The van der Waals surface area contributed by atoms with E-state index in [-0.39, 0.29) is 18.0 Å². The number of amides is 3. The van der Waals surface area contributed by atoms with Crippen LogP contribution in [0, 0.1) is 0 Å². The highest BCUT2D eigenvalue weighted by Crippen LogP contribution is 2.24. The Kier molecular flexibility index (Phi) is 5.32. The maximum absolute atomic E-state index is 11.7. The van der Waals surface area contributed by atoms with E-state index in [2.05, 4.69) is 0 Å². The highest BCUT2D eigenvalue weighted by Gasteiger charge is 2.13. The van der Waals surface area contributed by atoms with Crippen LogP contribution in [0.2, 0.25) is 5.02 Å². The van der Waals surface area contributed by atoms with Gasteiger partial charge in [-0.25, -0.2) is 4.79 Å². The van der Waals surface area contributed by atoms with Crippen molar-refractivity contribution < 1.29 is 19.1 Å². The number of urea groups is 1. The number of primary amides is 1. The third-order valence-corrected chi connectivity index (χ3v) is 2.42. The van der Waals surface area contributed by atoms with Crippen molar-refractivity contribution in [3.63, 3.8) is 0 Å². The molecule has 3 amide bonds. The molecular formula is C12H13ClN2O4. The molecule has 3 N–H and O–H groups in total. The van der Waals surface area contributed by atoms with Gasteiger partial charge in [0.2, 0.25) is 0 Å². The normalized spacial score (nSPS) is 9.79. The van der Waals surface area contributed by atoms with Crippen LogP contribution in [-0.2, 0) is 4.79 Å². The maximum Gasteiger partial charge on any atom is 0.318 e. The number of carbonyl (C=O) groups is 3. The second-order valence-electron chi connectivity index (χ2n) is 3.62. The molecule has 0 atom stereocenters. The summed E-state index contributed by atoms with van der Waals surface area (Å²) in [5.41, 5.74) is 5.08. The van der Waals surface area contributed by atoms with Gasteiger partial charge in [-0.2, -0.15) is 0 Å². The summed E-state index contributed by atoms with van der Waals surface area (Å²) in [7, 11) is 0. The Labute approximate surface area is 114 Å². The number of hydrogen-bond donors (Lipinski definition) is 2. The number of ether oxygens (including phenoxy) is 1. The van der Waals surface area contributed by atoms with Gasteiger partial charge in [0, 0.05) is 11.4 Å². The van der Waals surface area contributed by atoms with Crippen molar-refractivity contribution in [1.29, 1.82) is 0 Å². The van der Waals surface area contributed by atoms with Crippen molar-refractivity contribution in [2.45, 2.75) is 13.3 Å². The summed E-state index contributed by atoms with van der Waals surface area (Å²) in [5, 5.41) is 2.25. The van der Waals surface area contributed by atoms with Crippen LogP contribution < -0.4 is 15.8 Å². The number of Topliss-reactive ketones (excluding diaryl/α,β-unsaturated/α-hetero) is 1. The Balaban J connectivity index is 2.80. The molecule has 102 valence electrons. The van der Waals surface area contributed by atoms with Gasteiger partial charge >= 0.3 is 6.03 Å². The van der Waals surface area contributed by atoms with Crippen LogP contribution >= 0.6 is 11.6 Å². The van der Waals surface area contributed by atoms with Crippen molar-refractivity contribution in [3.8, 4) is 5.75 Å². The van der Waals surface area contributed by atoms with E-state index < -0.39 is 18.5 Å². The lowest BCUT2D eigenvalue weighted by Gasteiger charge is -2.10. The van der Waals surface area contributed by atoms with Crippen LogP contribution in [-0.4, -0.2) is 24.3 Å². The lowest BCUT2D eigenvalue weighted by atomic mass is 10.1. The van der Waals surface area contributed by atoms with Crippen molar-refractivity contribution in [1.82, 2.24) is 5.32 Å². The van der Waals surface area contributed by atoms with E-state index in [1.165, 1.54) is 18.2 Å². The molecule has 0 bridgehead atoms. The molecule has 19 heavy (non-hydrogen) atoms. The molecule has 0 heterocycles. The predicted octanol–water partition coefficient (Wildman–Crippen LogP) is 1.51. The van der Waals surface area contributed by atoms with Crippen LogP contribution in [0.4, 0.5) is 4.79 Å². The van der Waals surface area contributed by atoms with Gasteiger partial charge in [-0.05, 0) is 18.2 Å². The van der Waals surface area contributed by atoms with Crippen LogP contribution in [0.15, 0.2) is 18.2 Å². The highest BCUT2D eigenvalue weighted by atomic mass is 35.5. The first-order chi connectivity index (χ1) is 8.93. The Morgan fingerprint density at radius 1 is 1.37 bits per heavy atom. The average Bonchev–Trinajstić information content (AvgIpc) is 2.35. The van der Waals surface area contributed by atoms with Gasteiger partial charge < -0.3 is 10.5 Å². The first kappa shape index (κ1) is 15.0. The first-order valence-electron chi connectivity index (χ1n) is 5.49. The lowest BCUT2D eigenvalue weighted by Crippen LogP contribution is -2.38. The number of halogens is 1. The van der Waals surface area contributed by atoms with Gasteiger partial charge in [-0.3, -0.25) is 14.9 Å². The summed E-state index contributed by atoms with van der Waals surface area (Å²) in [6, 6.07) is 3.53. The molecule has 0 aliphatic rings. The Morgan fingerprint density at radius 2 is 2.05 bits per heavy atom. The summed E-state index contributed by atoms with van der Waals surface area (Å²) >= 11 is 5.80. The van der Waals surface area contributed by atoms with E-state index in [0.29, 0.717) is 10.6 Å². The van der Waals surface area contributed by atoms with Gasteiger partial charge in [0.05, 0.1) is 5.56 Å². The molecule has 0 aromatic heterocycles. The Bertz CT molecular complexity index is 516. The quantitative estimate of drug-likeness (QED) is 0.801. The molecule has 6 nitrogen and oxygen atoms in total. The molecule has 1 aromatic carbocycles. The SMILES string of the molecule is CCC(=O)c1cc(Cl)ccc1OCC(=O)NC(N)=O. The van der Waals surface area contributed by atoms with Gasteiger partial charge in [0.15, 0.2) is 12.4 Å². The number of benzene rings is 1. The van der Waals surface area contributed by atoms with E-state index in [4.69, 9.17) is 22.1 Å². The first-order valence-corrected chi connectivity index (χ1v) is 5.86. The topological polar surface area (TPSA) is 98.5 Å². The lowest BCUT2D eigenvalue weighted by molar-refractivity contribution is -0.121. The van der Waals surface area contributed by atoms with Crippen molar-refractivity contribution in [2.24, 2.45) is 5.73 Å². The summed E-state index contributed by atoms with van der Waals surface area (Å²) in [5.74, 6) is -0.624. The number of hydrogen-bond acceptors (Lipinski definition) is 4. The summed E-state index contributed by atoms with van der Waals surface area (Å²) < 4.78 is 5.18. The molecular weight excluding hydrogens is 272 g/mol. The highest BCUT2D eigenvalue weighted by molar-refractivity contribution is 6.31. The minimum Gasteiger partial charge on any atom is -0.483 e. The fourth-order valence-electron chi connectivity index (χ4n) is 1.35. The number of ketones is 1. The van der Waals surface area contributed by atoms with Gasteiger partial charge in [0.1, 0.15) is 5.75 Å². The fourth-order valence-corrected chi connectivity index (χ4v) is 1.53. The second-order valence-corrected chi connectivity index (χ2v) is 4.05. The minimum atomic E-state index is -0.963. The molecule has 0 unspecified atom stereocenters. The van der Waals surface area contributed by atoms with E-state index in [1.54, 1.807) is 6.92 Å². The number of rotatable bonds is 5. The number of nitrogens with two attached hydrogens (primary N) is 1. The molecule has 0 aliphatic carbocycles. The van der Waals surface area contributed by atoms with Crippen molar-refractivity contribution in [2.75, 3.05) is 6.61 Å². The van der Waals surface area contributed by atoms with Gasteiger partial charge in [0.25, 0.3) is 5.91 Å². The summed E-state index contributed by atoms with van der Waals surface area (Å²) in [6.45, 7) is 1.28. The number of imide groups is 1. The number of nitrogens with one attached hydrogen (secondary N) is 1. The van der Waals surface area contributed by atoms with Crippen LogP contribution in [0.1, 0.15) is 23.7 Å². The molecule has 0 radical (unpaired) electrons.